The normalized spacial score (nSPS) is 23.1. The number of piperidine rings is 1. The molecule has 0 radical (unpaired) electrons. The van der Waals surface area contributed by atoms with Gasteiger partial charge in [0.1, 0.15) is 0 Å². The lowest BCUT2D eigenvalue weighted by atomic mass is 10.1. The lowest BCUT2D eigenvalue weighted by Crippen LogP contribution is -2.38. The minimum absolute atomic E-state index is 0. The third-order valence-corrected chi connectivity index (χ3v) is 2.81. The maximum atomic E-state index is 9.44. The molecule has 1 saturated heterocycles. The lowest BCUT2D eigenvalue weighted by Gasteiger charge is -2.29. The van der Waals surface area contributed by atoms with E-state index in [0.717, 1.165) is 13.0 Å². The van der Waals surface area contributed by atoms with Crippen LogP contribution in [-0.4, -0.2) is 35.7 Å². The summed E-state index contributed by atoms with van der Waals surface area (Å²) in [5.74, 6) is 0. The molecule has 0 bridgehead atoms. The molecule has 1 atom stereocenters. The number of likely N-dealkylation sites (tertiary alicyclic amines) is 1. The highest BCUT2D eigenvalue weighted by Crippen LogP contribution is 2.11. The third kappa shape index (κ3) is 5.61. The van der Waals surface area contributed by atoms with E-state index < -0.39 is 0 Å². The highest BCUT2D eigenvalue weighted by Gasteiger charge is 2.16. The van der Waals surface area contributed by atoms with Crippen LogP contribution in [-0.2, 0) is 0 Å². The van der Waals surface area contributed by atoms with Crippen molar-refractivity contribution >= 4 is 0 Å². The second-order valence-electron chi connectivity index (χ2n) is 4.16. The molecular formula is C12H27NO. The molecule has 0 spiro atoms. The molecule has 1 N–H and O–H groups in total. The molecule has 0 aliphatic carbocycles. The molecule has 0 aromatic heterocycles. The molecule has 1 unspecified atom stereocenters. The molecule has 2 nitrogen and oxygen atoms in total. The van der Waals surface area contributed by atoms with Crippen LogP contribution in [0.15, 0.2) is 0 Å². The highest BCUT2D eigenvalue weighted by molar-refractivity contribution is 4.71. The van der Waals surface area contributed by atoms with Crippen LogP contribution in [0.5, 0.6) is 0 Å². The molecule has 0 aromatic rings. The zero-order valence-electron chi connectivity index (χ0n) is 8.84. The summed E-state index contributed by atoms with van der Waals surface area (Å²) in [5.41, 5.74) is 0. The molecule has 14 heavy (non-hydrogen) atoms. The molecule has 1 fully saturated rings. The maximum Gasteiger partial charge on any atom is 0.0667 e. The summed E-state index contributed by atoms with van der Waals surface area (Å²) in [6.45, 7) is 5.54. The number of aliphatic hydroxyl groups is 1. The number of aliphatic hydroxyl groups excluding tert-OH is 1. The number of hydrogen-bond acceptors (Lipinski definition) is 2. The first-order chi connectivity index (χ1) is 6.33. The van der Waals surface area contributed by atoms with Crippen LogP contribution in [0.2, 0.25) is 0 Å². The third-order valence-electron chi connectivity index (χ3n) is 2.81. The van der Waals surface area contributed by atoms with Gasteiger partial charge in [-0.15, -0.1) is 0 Å². The monoisotopic (exact) mass is 201 g/mol. The molecule has 1 aliphatic heterocycles. The van der Waals surface area contributed by atoms with Crippen molar-refractivity contribution in [2.45, 2.75) is 59.0 Å². The Kier molecular flexibility index (Phi) is 8.20. The molecule has 0 aromatic carbocycles. The average molecular weight is 201 g/mol. The van der Waals surface area contributed by atoms with Gasteiger partial charge < -0.3 is 10.0 Å². The van der Waals surface area contributed by atoms with E-state index in [1.165, 1.54) is 45.2 Å². The second kappa shape index (κ2) is 8.25. The summed E-state index contributed by atoms with van der Waals surface area (Å²) in [5, 5.41) is 9.44. The topological polar surface area (TPSA) is 23.5 Å². The Morgan fingerprint density at radius 2 is 2.07 bits per heavy atom. The second-order valence-corrected chi connectivity index (χ2v) is 4.16. The fourth-order valence-electron chi connectivity index (χ4n) is 2.00. The van der Waals surface area contributed by atoms with Crippen LogP contribution in [0, 0.1) is 0 Å². The Labute approximate surface area is 89.3 Å². The van der Waals surface area contributed by atoms with E-state index >= 15 is 0 Å². The smallest absolute Gasteiger partial charge is 0.0667 e. The van der Waals surface area contributed by atoms with Gasteiger partial charge >= 0.3 is 0 Å². The SMILES string of the molecule is C.CCCCCCN1CCCC(O)C1. The first kappa shape index (κ1) is 13.9. The molecule has 1 rings (SSSR count). The Morgan fingerprint density at radius 1 is 1.29 bits per heavy atom. The van der Waals surface area contributed by atoms with Crippen LogP contribution in [0.3, 0.4) is 0 Å². The Morgan fingerprint density at radius 3 is 2.71 bits per heavy atom. The Hall–Kier alpha value is -0.0800. The largest absolute Gasteiger partial charge is 0.392 e. The van der Waals surface area contributed by atoms with Gasteiger partial charge in [0.15, 0.2) is 0 Å². The van der Waals surface area contributed by atoms with Crippen molar-refractivity contribution in [2.75, 3.05) is 19.6 Å². The first-order valence-electron chi connectivity index (χ1n) is 5.73. The van der Waals surface area contributed by atoms with Gasteiger partial charge in [-0.05, 0) is 32.4 Å². The Bertz CT molecular complexity index is 127. The van der Waals surface area contributed by atoms with Crippen molar-refractivity contribution in [3.05, 3.63) is 0 Å². The number of nitrogens with zero attached hydrogens (tertiary/aromatic N) is 1. The molecule has 86 valence electrons. The predicted octanol–water partition coefficient (Wildman–Crippen LogP) is 2.66. The quantitative estimate of drug-likeness (QED) is 0.691. The summed E-state index contributed by atoms with van der Waals surface area (Å²) >= 11 is 0. The van der Waals surface area contributed by atoms with Gasteiger partial charge in [0.05, 0.1) is 6.10 Å². The van der Waals surface area contributed by atoms with Crippen molar-refractivity contribution in [1.29, 1.82) is 0 Å². The van der Waals surface area contributed by atoms with E-state index in [4.69, 9.17) is 0 Å². The fourth-order valence-corrected chi connectivity index (χ4v) is 2.00. The summed E-state index contributed by atoms with van der Waals surface area (Å²) in [4.78, 5) is 2.41. The number of β-amino-alcohol motifs (C(OH)–C–C–N with tert-alkyl or cyclic N) is 1. The van der Waals surface area contributed by atoms with Gasteiger partial charge in [-0.25, -0.2) is 0 Å². The molecular weight excluding hydrogens is 174 g/mol. The summed E-state index contributed by atoms with van der Waals surface area (Å²) < 4.78 is 0. The van der Waals surface area contributed by atoms with E-state index in [0.29, 0.717) is 0 Å². The average Bonchev–Trinajstić information content (AvgIpc) is 2.13. The minimum atomic E-state index is -0.0556. The maximum absolute atomic E-state index is 9.44. The van der Waals surface area contributed by atoms with Gasteiger partial charge in [-0.1, -0.05) is 33.6 Å². The Balaban J connectivity index is 0.00000169. The number of unbranched alkanes of at least 4 members (excludes halogenated alkanes) is 3. The van der Waals surface area contributed by atoms with Gasteiger partial charge in [0.25, 0.3) is 0 Å². The molecule has 0 amide bonds. The van der Waals surface area contributed by atoms with E-state index in [2.05, 4.69) is 11.8 Å². The van der Waals surface area contributed by atoms with E-state index in [-0.39, 0.29) is 13.5 Å². The molecule has 0 saturated carbocycles. The van der Waals surface area contributed by atoms with Crippen LogP contribution in [0.1, 0.15) is 52.9 Å². The molecule has 2 heteroatoms. The van der Waals surface area contributed by atoms with Gasteiger partial charge in [0.2, 0.25) is 0 Å². The standard InChI is InChI=1S/C11H23NO.CH4/c1-2-3-4-5-8-12-9-6-7-11(13)10-12;/h11,13H,2-10H2,1H3;1H4. The molecule has 1 aliphatic rings. The van der Waals surface area contributed by atoms with E-state index in [1.807, 2.05) is 0 Å². The molecule has 1 heterocycles. The number of hydrogen-bond donors (Lipinski definition) is 1. The van der Waals surface area contributed by atoms with Crippen LogP contribution < -0.4 is 0 Å². The summed E-state index contributed by atoms with van der Waals surface area (Å²) in [7, 11) is 0. The zero-order chi connectivity index (χ0) is 9.52. The van der Waals surface area contributed by atoms with Gasteiger partial charge in [-0.2, -0.15) is 0 Å². The predicted molar refractivity (Wildman–Crippen MR) is 62.6 cm³/mol. The number of rotatable bonds is 5. The summed E-state index contributed by atoms with van der Waals surface area (Å²) in [6.07, 6.45) is 7.45. The van der Waals surface area contributed by atoms with Crippen molar-refractivity contribution in [3.63, 3.8) is 0 Å². The minimum Gasteiger partial charge on any atom is -0.392 e. The van der Waals surface area contributed by atoms with Crippen molar-refractivity contribution in [2.24, 2.45) is 0 Å². The van der Waals surface area contributed by atoms with Crippen LogP contribution in [0.4, 0.5) is 0 Å². The first-order valence-corrected chi connectivity index (χ1v) is 5.73. The van der Waals surface area contributed by atoms with E-state index in [1.54, 1.807) is 0 Å². The summed E-state index contributed by atoms with van der Waals surface area (Å²) in [6, 6.07) is 0. The zero-order valence-corrected chi connectivity index (χ0v) is 8.84. The van der Waals surface area contributed by atoms with Crippen LogP contribution >= 0.6 is 0 Å². The van der Waals surface area contributed by atoms with Gasteiger partial charge in [0, 0.05) is 6.54 Å². The lowest BCUT2D eigenvalue weighted by molar-refractivity contribution is 0.0698. The highest BCUT2D eigenvalue weighted by atomic mass is 16.3. The van der Waals surface area contributed by atoms with Crippen molar-refractivity contribution in [3.8, 4) is 0 Å². The van der Waals surface area contributed by atoms with Crippen molar-refractivity contribution in [1.82, 2.24) is 4.90 Å². The van der Waals surface area contributed by atoms with Gasteiger partial charge in [-0.3, -0.25) is 0 Å². The van der Waals surface area contributed by atoms with Crippen molar-refractivity contribution < 1.29 is 5.11 Å². The fraction of sp³-hybridized carbons (Fsp3) is 1.00. The van der Waals surface area contributed by atoms with Crippen LogP contribution in [0.25, 0.3) is 0 Å². The van der Waals surface area contributed by atoms with E-state index in [9.17, 15) is 5.11 Å².